The first-order chi connectivity index (χ1) is 6.68. The van der Waals surface area contributed by atoms with E-state index in [0.717, 1.165) is 27.8 Å². The predicted octanol–water partition coefficient (Wildman–Crippen LogP) is 3.27. The van der Waals surface area contributed by atoms with E-state index in [1.54, 1.807) is 0 Å². The summed E-state index contributed by atoms with van der Waals surface area (Å²) >= 11 is 0. The third-order valence-electron chi connectivity index (χ3n) is 2.24. The van der Waals surface area contributed by atoms with E-state index >= 15 is 0 Å². The summed E-state index contributed by atoms with van der Waals surface area (Å²) in [5, 5.41) is 1.15. The lowest BCUT2D eigenvalue weighted by Gasteiger charge is -1.90. The zero-order valence-electron chi connectivity index (χ0n) is 8.37. The number of fused-ring (bicyclic) bond motifs is 1. The maximum atomic E-state index is 5.65. The smallest absolute Gasteiger partial charge is 0.135 e. The van der Waals surface area contributed by atoms with Crippen LogP contribution in [0.25, 0.3) is 17.0 Å². The number of hydrogen-bond acceptors (Lipinski definition) is 1. The van der Waals surface area contributed by atoms with Crippen LogP contribution < -0.4 is 0 Å². The molecule has 1 nitrogen and oxygen atoms in total. The Bertz CT molecular complexity index is 490. The molecule has 0 N–H and O–H groups in total. The van der Waals surface area contributed by atoms with E-state index in [1.807, 2.05) is 38.1 Å². The topological polar surface area (TPSA) is 13.1 Å². The molecule has 0 fully saturated rings. The van der Waals surface area contributed by atoms with Crippen molar-refractivity contribution in [3.05, 3.63) is 41.1 Å². The molecule has 0 aliphatic rings. The van der Waals surface area contributed by atoms with Gasteiger partial charge in [0.2, 0.25) is 0 Å². The minimum absolute atomic E-state index is 0.757. The molecule has 1 heterocycles. The number of furan rings is 1. The molecule has 0 unspecified atom stereocenters. The van der Waals surface area contributed by atoms with Gasteiger partial charge in [-0.15, -0.1) is 5.47 Å². The Hall–Kier alpha value is -1.44. The number of benzene rings is 1. The van der Waals surface area contributed by atoms with Gasteiger partial charge in [-0.1, -0.05) is 25.1 Å². The fourth-order valence-electron chi connectivity index (χ4n) is 1.54. The van der Waals surface area contributed by atoms with E-state index in [1.165, 1.54) is 0 Å². The van der Waals surface area contributed by atoms with Crippen molar-refractivity contribution in [2.75, 3.05) is 0 Å². The lowest BCUT2D eigenvalue weighted by atomic mass is 9.96. The summed E-state index contributed by atoms with van der Waals surface area (Å²) in [5.74, 6) is 0.853. The molecule has 2 rings (SSSR count). The molecule has 2 radical (unpaired) electrons. The van der Waals surface area contributed by atoms with Crippen molar-refractivity contribution in [3.63, 3.8) is 0 Å². The fourth-order valence-corrected chi connectivity index (χ4v) is 1.54. The van der Waals surface area contributed by atoms with Crippen LogP contribution in [-0.4, -0.2) is 7.85 Å². The van der Waals surface area contributed by atoms with Crippen LogP contribution in [0.3, 0.4) is 0 Å². The van der Waals surface area contributed by atoms with Gasteiger partial charge < -0.3 is 4.42 Å². The summed E-state index contributed by atoms with van der Waals surface area (Å²) < 4.78 is 5.65. The van der Waals surface area contributed by atoms with Crippen LogP contribution >= 0.6 is 0 Å². The van der Waals surface area contributed by atoms with Gasteiger partial charge in [-0.05, 0) is 19.1 Å². The summed E-state index contributed by atoms with van der Waals surface area (Å²) in [6.45, 7) is 3.90. The Morgan fingerprint density at radius 2 is 2.07 bits per heavy atom. The van der Waals surface area contributed by atoms with Gasteiger partial charge in [0.05, 0.1) is 0 Å². The SMILES string of the molecule is [B]/C(C)=C/c1oc2ccccc2c1C. The highest BCUT2D eigenvalue weighted by atomic mass is 16.3. The second-order valence-corrected chi connectivity index (χ2v) is 3.48. The number of aryl methyl sites for hydroxylation is 1. The summed E-state index contributed by atoms with van der Waals surface area (Å²) in [7, 11) is 5.62. The van der Waals surface area contributed by atoms with Gasteiger partial charge in [-0.2, -0.15) is 0 Å². The summed E-state index contributed by atoms with van der Waals surface area (Å²) in [5.41, 5.74) is 2.81. The number of rotatable bonds is 1. The summed E-state index contributed by atoms with van der Waals surface area (Å²) in [4.78, 5) is 0. The molecule has 0 aliphatic carbocycles. The zero-order valence-corrected chi connectivity index (χ0v) is 8.37. The maximum Gasteiger partial charge on any atom is 0.135 e. The van der Waals surface area contributed by atoms with Crippen LogP contribution in [0.5, 0.6) is 0 Å². The van der Waals surface area contributed by atoms with E-state index in [4.69, 9.17) is 12.3 Å². The van der Waals surface area contributed by atoms with Gasteiger partial charge in [0.15, 0.2) is 0 Å². The minimum atomic E-state index is 0.757. The van der Waals surface area contributed by atoms with Crippen molar-refractivity contribution in [3.8, 4) is 0 Å². The molecule has 0 aliphatic heterocycles. The summed E-state index contributed by atoms with van der Waals surface area (Å²) in [6, 6.07) is 7.99. The van der Waals surface area contributed by atoms with Gasteiger partial charge in [-0.25, -0.2) is 0 Å². The third kappa shape index (κ3) is 1.48. The second kappa shape index (κ2) is 3.37. The van der Waals surface area contributed by atoms with Crippen molar-refractivity contribution in [1.82, 2.24) is 0 Å². The lowest BCUT2D eigenvalue weighted by Crippen LogP contribution is -1.75. The van der Waals surface area contributed by atoms with Crippen molar-refractivity contribution in [2.45, 2.75) is 13.8 Å². The van der Waals surface area contributed by atoms with Gasteiger partial charge >= 0.3 is 0 Å². The molecular weight excluding hydrogens is 171 g/mol. The fraction of sp³-hybridized carbons (Fsp3) is 0.167. The Balaban J connectivity index is 2.69. The first-order valence-electron chi connectivity index (χ1n) is 4.60. The largest absolute Gasteiger partial charge is 0.456 e. The molecule has 0 atom stereocenters. The molecule has 2 aromatic rings. The van der Waals surface area contributed by atoms with E-state index in [9.17, 15) is 0 Å². The van der Waals surface area contributed by atoms with Crippen LogP contribution in [0.4, 0.5) is 0 Å². The first kappa shape index (κ1) is 9.13. The lowest BCUT2D eigenvalue weighted by molar-refractivity contribution is 0.601. The average Bonchev–Trinajstić information content (AvgIpc) is 2.44. The van der Waals surface area contributed by atoms with Gasteiger partial charge in [0.1, 0.15) is 19.2 Å². The molecule has 0 saturated heterocycles. The molecular formula is C12H11BO. The van der Waals surface area contributed by atoms with E-state index < -0.39 is 0 Å². The summed E-state index contributed by atoms with van der Waals surface area (Å²) in [6.07, 6.45) is 1.86. The van der Waals surface area contributed by atoms with Crippen LogP contribution in [0.2, 0.25) is 0 Å². The average molecular weight is 182 g/mol. The van der Waals surface area contributed by atoms with Crippen LogP contribution in [0.15, 0.2) is 34.2 Å². The predicted molar refractivity (Wildman–Crippen MR) is 60.4 cm³/mol. The van der Waals surface area contributed by atoms with E-state index in [2.05, 4.69) is 6.07 Å². The second-order valence-electron chi connectivity index (χ2n) is 3.48. The quantitative estimate of drug-likeness (QED) is 0.616. The highest BCUT2D eigenvalue weighted by Gasteiger charge is 2.06. The van der Waals surface area contributed by atoms with Crippen LogP contribution in [-0.2, 0) is 0 Å². The number of para-hydroxylation sites is 1. The molecule has 1 aromatic heterocycles. The molecule has 0 amide bonds. The third-order valence-corrected chi connectivity index (χ3v) is 2.24. The van der Waals surface area contributed by atoms with Gasteiger partial charge in [0, 0.05) is 10.9 Å². The molecule has 0 spiro atoms. The molecule has 0 saturated carbocycles. The number of hydrogen-bond donors (Lipinski definition) is 0. The van der Waals surface area contributed by atoms with Crippen molar-refractivity contribution in [1.29, 1.82) is 0 Å². The Labute approximate surface area is 84.8 Å². The van der Waals surface area contributed by atoms with E-state index in [-0.39, 0.29) is 0 Å². The Morgan fingerprint density at radius 1 is 1.36 bits per heavy atom. The maximum absolute atomic E-state index is 5.65. The monoisotopic (exact) mass is 182 g/mol. The Morgan fingerprint density at radius 3 is 2.71 bits per heavy atom. The molecule has 0 bridgehead atoms. The van der Waals surface area contributed by atoms with E-state index in [0.29, 0.717) is 0 Å². The molecule has 14 heavy (non-hydrogen) atoms. The van der Waals surface area contributed by atoms with Gasteiger partial charge in [0.25, 0.3) is 0 Å². The first-order valence-corrected chi connectivity index (χ1v) is 4.60. The molecule has 1 aromatic carbocycles. The highest BCUT2D eigenvalue weighted by molar-refractivity contribution is 6.23. The van der Waals surface area contributed by atoms with Gasteiger partial charge in [-0.3, -0.25) is 0 Å². The normalized spacial score (nSPS) is 12.3. The molecule has 68 valence electrons. The van der Waals surface area contributed by atoms with Crippen molar-refractivity contribution >= 4 is 24.9 Å². The molecule has 2 heteroatoms. The van der Waals surface area contributed by atoms with Crippen molar-refractivity contribution in [2.24, 2.45) is 0 Å². The van der Waals surface area contributed by atoms with Crippen LogP contribution in [0, 0.1) is 6.92 Å². The Kier molecular flexibility index (Phi) is 2.20. The van der Waals surface area contributed by atoms with Crippen LogP contribution in [0.1, 0.15) is 18.2 Å². The van der Waals surface area contributed by atoms with Crippen molar-refractivity contribution < 1.29 is 4.42 Å². The zero-order chi connectivity index (χ0) is 10.1. The highest BCUT2D eigenvalue weighted by Crippen LogP contribution is 2.26. The standard InChI is InChI=1S/C12H11BO/c1-8(13)7-12-9(2)10-5-3-4-6-11(10)14-12/h3-7H,1-2H3/b8-7+. The number of allylic oxidation sites excluding steroid dienone is 1. The minimum Gasteiger partial charge on any atom is -0.456 e.